The molecule has 0 fully saturated rings. The molecule has 148 valence electrons. The number of nitrogens with one attached hydrogen (secondary N) is 1. The molecule has 1 aromatic heterocycles. The first-order valence-corrected chi connectivity index (χ1v) is 9.18. The van der Waals surface area contributed by atoms with Crippen LogP contribution in [0.3, 0.4) is 0 Å². The molecule has 0 saturated carbocycles. The first-order valence-electron chi connectivity index (χ1n) is 9.18. The third-order valence-corrected chi connectivity index (χ3v) is 4.57. The van der Waals surface area contributed by atoms with Crippen LogP contribution in [0.5, 0.6) is 11.5 Å². The van der Waals surface area contributed by atoms with Crippen LogP contribution < -0.4 is 10.1 Å². The van der Waals surface area contributed by atoms with Gasteiger partial charge in [0, 0.05) is 35.1 Å². The zero-order valence-electron chi connectivity index (χ0n) is 16.0. The Labute approximate surface area is 172 Å². The van der Waals surface area contributed by atoms with Gasteiger partial charge in [0.2, 0.25) is 0 Å². The van der Waals surface area contributed by atoms with Crippen molar-refractivity contribution in [3.63, 3.8) is 0 Å². The fourth-order valence-corrected chi connectivity index (χ4v) is 3.12. The number of non-ortho nitro benzene ring substituents is 1. The minimum Gasteiger partial charge on any atom is -0.457 e. The molecule has 30 heavy (non-hydrogen) atoms. The summed E-state index contributed by atoms with van der Waals surface area (Å²) in [6.45, 7) is 1.93. The summed E-state index contributed by atoms with van der Waals surface area (Å²) in [7, 11) is 0. The van der Waals surface area contributed by atoms with Crippen LogP contribution in [-0.2, 0) is 0 Å². The van der Waals surface area contributed by atoms with Gasteiger partial charge in [-0.2, -0.15) is 0 Å². The van der Waals surface area contributed by atoms with Crippen LogP contribution >= 0.6 is 0 Å². The van der Waals surface area contributed by atoms with Gasteiger partial charge in [-0.1, -0.05) is 17.7 Å². The number of anilines is 1. The third-order valence-electron chi connectivity index (χ3n) is 4.57. The number of aryl methyl sites for hydroxylation is 1. The number of hydrogen-bond acceptors (Lipinski definition) is 5. The lowest BCUT2D eigenvalue weighted by molar-refractivity contribution is -0.383. The van der Waals surface area contributed by atoms with Gasteiger partial charge in [0.1, 0.15) is 11.5 Å². The van der Waals surface area contributed by atoms with Crippen molar-refractivity contribution < 1.29 is 14.5 Å². The van der Waals surface area contributed by atoms with E-state index in [4.69, 9.17) is 4.74 Å². The van der Waals surface area contributed by atoms with Gasteiger partial charge in [-0.25, -0.2) is 0 Å². The molecule has 0 aliphatic rings. The molecule has 0 aliphatic carbocycles. The predicted octanol–water partition coefficient (Wildman–Crippen LogP) is 5.50. The monoisotopic (exact) mass is 399 g/mol. The van der Waals surface area contributed by atoms with Gasteiger partial charge in [0.15, 0.2) is 0 Å². The van der Waals surface area contributed by atoms with Crippen LogP contribution in [0.2, 0.25) is 0 Å². The number of rotatable bonds is 5. The Morgan fingerprint density at radius 2 is 1.83 bits per heavy atom. The van der Waals surface area contributed by atoms with Gasteiger partial charge in [-0.3, -0.25) is 19.9 Å². The summed E-state index contributed by atoms with van der Waals surface area (Å²) in [6.07, 6.45) is 3.01. The summed E-state index contributed by atoms with van der Waals surface area (Å²) < 4.78 is 5.92. The summed E-state index contributed by atoms with van der Waals surface area (Å²) in [5.74, 6) is 0.825. The molecule has 1 N–H and O–H groups in total. The van der Waals surface area contributed by atoms with E-state index in [1.54, 1.807) is 48.7 Å². The number of aromatic nitrogens is 1. The molecule has 0 aliphatic heterocycles. The minimum atomic E-state index is -0.445. The van der Waals surface area contributed by atoms with Crippen molar-refractivity contribution in [3.8, 4) is 11.5 Å². The Balaban J connectivity index is 1.54. The lowest BCUT2D eigenvalue weighted by Crippen LogP contribution is -2.11. The van der Waals surface area contributed by atoms with E-state index in [9.17, 15) is 14.9 Å². The summed E-state index contributed by atoms with van der Waals surface area (Å²) in [5, 5.41) is 15.1. The van der Waals surface area contributed by atoms with E-state index in [0.717, 1.165) is 5.56 Å². The molecule has 0 saturated heterocycles. The Hall–Kier alpha value is -4.26. The maximum absolute atomic E-state index is 12.4. The molecule has 7 heteroatoms. The van der Waals surface area contributed by atoms with Crippen LogP contribution in [-0.4, -0.2) is 15.8 Å². The highest BCUT2D eigenvalue weighted by Gasteiger charge is 2.15. The van der Waals surface area contributed by atoms with Crippen molar-refractivity contribution >= 4 is 28.1 Å². The number of ether oxygens (including phenoxy) is 1. The van der Waals surface area contributed by atoms with E-state index < -0.39 is 4.92 Å². The summed E-state index contributed by atoms with van der Waals surface area (Å²) in [6, 6.07) is 18.9. The highest BCUT2D eigenvalue weighted by atomic mass is 16.6. The van der Waals surface area contributed by atoms with E-state index in [1.807, 2.05) is 25.1 Å². The molecule has 0 unspecified atom stereocenters. The second-order valence-corrected chi connectivity index (χ2v) is 6.71. The van der Waals surface area contributed by atoms with Gasteiger partial charge >= 0.3 is 0 Å². The van der Waals surface area contributed by atoms with Gasteiger partial charge in [0.25, 0.3) is 11.6 Å². The first-order chi connectivity index (χ1) is 14.5. The quantitative estimate of drug-likeness (QED) is 0.353. The summed E-state index contributed by atoms with van der Waals surface area (Å²) >= 11 is 0. The fraction of sp³-hybridized carbons (Fsp3) is 0.0435. The minimum absolute atomic E-state index is 0.0281. The molecule has 0 radical (unpaired) electrons. The standard InChI is InChI=1S/C23H17N3O4/c1-15-3-2-4-16(13-15)23(27)25-17-5-7-18(8-6-17)30-22-10-9-21(26(28)29)20-14-24-12-11-19(20)22/h2-14H,1H3,(H,25,27). The second kappa shape index (κ2) is 8.00. The molecule has 1 amide bonds. The predicted molar refractivity (Wildman–Crippen MR) is 114 cm³/mol. The molecule has 3 aromatic carbocycles. The maximum atomic E-state index is 12.4. The normalized spacial score (nSPS) is 10.6. The highest BCUT2D eigenvalue weighted by Crippen LogP contribution is 2.35. The molecular formula is C23H17N3O4. The molecule has 0 atom stereocenters. The number of amides is 1. The summed E-state index contributed by atoms with van der Waals surface area (Å²) in [4.78, 5) is 27.1. The van der Waals surface area contributed by atoms with Crippen molar-refractivity contribution in [2.75, 3.05) is 5.32 Å². The van der Waals surface area contributed by atoms with Crippen molar-refractivity contribution in [3.05, 3.63) is 100 Å². The molecule has 0 bridgehead atoms. The van der Waals surface area contributed by atoms with E-state index in [2.05, 4.69) is 10.3 Å². The average Bonchev–Trinajstić information content (AvgIpc) is 2.75. The molecule has 7 nitrogen and oxygen atoms in total. The fourth-order valence-electron chi connectivity index (χ4n) is 3.12. The smallest absolute Gasteiger partial charge is 0.279 e. The lowest BCUT2D eigenvalue weighted by Gasteiger charge is -2.10. The van der Waals surface area contributed by atoms with E-state index >= 15 is 0 Å². The molecule has 4 rings (SSSR count). The second-order valence-electron chi connectivity index (χ2n) is 6.71. The SMILES string of the molecule is Cc1cccc(C(=O)Nc2ccc(Oc3ccc([N+](=O)[O-])c4cnccc34)cc2)c1. The maximum Gasteiger partial charge on any atom is 0.279 e. The Morgan fingerprint density at radius 1 is 1.03 bits per heavy atom. The number of nitro benzene ring substituents is 1. The third kappa shape index (κ3) is 3.95. The van der Waals surface area contributed by atoms with Crippen LogP contribution in [0.4, 0.5) is 11.4 Å². The van der Waals surface area contributed by atoms with E-state index in [-0.39, 0.29) is 11.6 Å². The van der Waals surface area contributed by atoms with Crippen LogP contribution in [0, 0.1) is 17.0 Å². The zero-order chi connectivity index (χ0) is 21.1. The lowest BCUT2D eigenvalue weighted by atomic mass is 10.1. The van der Waals surface area contributed by atoms with Crippen molar-refractivity contribution in [2.24, 2.45) is 0 Å². The topological polar surface area (TPSA) is 94.4 Å². The number of hydrogen-bond donors (Lipinski definition) is 1. The van der Waals surface area contributed by atoms with Crippen molar-refractivity contribution in [1.82, 2.24) is 4.98 Å². The van der Waals surface area contributed by atoms with Crippen molar-refractivity contribution in [1.29, 1.82) is 0 Å². The number of carbonyl (C=O) groups is 1. The number of benzene rings is 3. The molecule has 1 heterocycles. The van der Waals surface area contributed by atoms with Gasteiger partial charge in [-0.15, -0.1) is 0 Å². The number of fused-ring (bicyclic) bond motifs is 1. The zero-order valence-corrected chi connectivity index (χ0v) is 16.0. The molecular weight excluding hydrogens is 382 g/mol. The largest absolute Gasteiger partial charge is 0.457 e. The first kappa shape index (κ1) is 19.1. The van der Waals surface area contributed by atoms with E-state index in [0.29, 0.717) is 33.5 Å². The Kier molecular flexibility index (Phi) is 5.09. The van der Waals surface area contributed by atoms with Crippen LogP contribution in [0.15, 0.2) is 79.1 Å². The Bertz CT molecular complexity index is 1250. The molecule has 0 spiro atoms. The number of nitrogens with zero attached hydrogens (tertiary/aromatic N) is 2. The number of nitro groups is 1. The summed E-state index contributed by atoms with van der Waals surface area (Å²) in [5.41, 5.74) is 2.20. The van der Waals surface area contributed by atoms with Gasteiger partial charge in [-0.05, 0) is 55.5 Å². The van der Waals surface area contributed by atoms with Gasteiger partial charge in [0.05, 0.1) is 10.3 Å². The van der Waals surface area contributed by atoms with Crippen LogP contribution in [0.25, 0.3) is 10.8 Å². The molecule has 4 aromatic rings. The average molecular weight is 399 g/mol. The van der Waals surface area contributed by atoms with E-state index in [1.165, 1.54) is 12.3 Å². The van der Waals surface area contributed by atoms with Crippen LogP contribution in [0.1, 0.15) is 15.9 Å². The number of carbonyl (C=O) groups excluding carboxylic acids is 1. The van der Waals surface area contributed by atoms with Crippen molar-refractivity contribution in [2.45, 2.75) is 6.92 Å². The van der Waals surface area contributed by atoms with Gasteiger partial charge < -0.3 is 10.1 Å². The highest BCUT2D eigenvalue weighted by molar-refractivity contribution is 6.04. The number of pyridine rings is 1. The Morgan fingerprint density at radius 3 is 2.57 bits per heavy atom.